The quantitative estimate of drug-likeness (QED) is 0.218. The maximum atomic E-state index is 13.3. The van der Waals surface area contributed by atoms with Gasteiger partial charge in [-0.25, -0.2) is 9.59 Å². The summed E-state index contributed by atoms with van der Waals surface area (Å²) in [5.74, 6) is -0.203. The number of likely N-dealkylation sites (tertiary alicyclic amines) is 1. The highest BCUT2D eigenvalue weighted by Crippen LogP contribution is 2.25. The molecular weight excluding hydrogens is 586 g/mol. The lowest BCUT2D eigenvalue weighted by Crippen LogP contribution is -2.54. The Labute approximate surface area is 252 Å². The van der Waals surface area contributed by atoms with Gasteiger partial charge in [0.1, 0.15) is 25.9 Å². The molecule has 43 heavy (non-hydrogen) atoms. The lowest BCUT2D eigenvalue weighted by Gasteiger charge is -2.37. The zero-order valence-electron chi connectivity index (χ0n) is 23.1. The number of nitro groups is 2. The Morgan fingerprint density at radius 1 is 0.814 bits per heavy atom. The van der Waals surface area contributed by atoms with E-state index in [-0.39, 0.29) is 48.9 Å². The van der Waals surface area contributed by atoms with Crippen LogP contribution in [0, 0.1) is 20.2 Å². The number of hydrogen-bond donors (Lipinski definition) is 0. The fourth-order valence-corrected chi connectivity index (χ4v) is 5.08. The molecule has 16 heteroatoms. The summed E-state index contributed by atoms with van der Waals surface area (Å²) in [6.07, 6.45) is -1.18. The first-order valence-electron chi connectivity index (χ1n) is 13.5. The number of hydrogen-bond acceptors (Lipinski definition) is 11. The lowest BCUT2D eigenvalue weighted by atomic mass is 10.1. The third-order valence-corrected chi connectivity index (χ3v) is 7.45. The summed E-state index contributed by atoms with van der Waals surface area (Å²) in [5, 5.41) is 21.2. The standard InChI is InChI=1S/C27H30N5O10S/c33-25(24-15-23(43)16-30(24)26(34)41-17-19-1-5-21(6-2-19)31(36)37)29-11-9-28(10-12-29)13-14-40-27(35)42-18-20-3-7-22(8-4-20)32(38)39/h1-8,23-24H,9-18H2. The number of ether oxygens (including phenoxy) is 3. The summed E-state index contributed by atoms with van der Waals surface area (Å²) in [4.78, 5) is 63.6. The molecular formula is C27H30N5O10S. The van der Waals surface area contributed by atoms with Crippen LogP contribution in [0.15, 0.2) is 48.5 Å². The molecule has 4 rings (SSSR count). The van der Waals surface area contributed by atoms with Crippen molar-refractivity contribution in [3.63, 3.8) is 0 Å². The Bertz CT molecular complexity index is 1320. The highest BCUT2D eigenvalue weighted by Gasteiger charge is 2.42. The van der Waals surface area contributed by atoms with Gasteiger partial charge in [-0.15, -0.1) is 0 Å². The van der Waals surface area contributed by atoms with Crippen LogP contribution in [-0.4, -0.2) is 99.9 Å². The smallest absolute Gasteiger partial charge is 0.445 e. The van der Waals surface area contributed by atoms with E-state index in [1.807, 2.05) is 4.90 Å². The van der Waals surface area contributed by atoms with Crippen LogP contribution in [0.2, 0.25) is 0 Å². The molecule has 2 saturated heterocycles. The van der Waals surface area contributed by atoms with Gasteiger partial charge in [0.25, 0.3) is 11.4 Å². The molecule has 0 spiro atoms. The second-order valence-electron chi connectivity index (χ2n) is 9.98. The SMILES string of the molecule is O=C(OCCN1CCN(C(=O)C2CC([S])CN2C(=O)OCc2ccc([N+](=O)[O-])cc2)CC1)OCc1ccc([N+](=O)[O-])cc1. The molecule has 2 aromatic rings. The van der Waals surface area contributed by atoms with Crippen LogP contribution in [0.3, 0.4) is 0 Å². The Morgan fingerprint density at radius 2 is 1.35 bits per heavy atom. The molecule has 0 N–H and O–H groups in total. The Balaban J connectivity index is 1.16. The number of carbonyl (C=O) groups excluding carboxylic acids is 3. The minimum Gasteiger partial charge on any atom is -0.445 e. The van der Waals surface area contributed by atoms with Crippen molar-refractivity contribution in [2.75, 3.05) is 45.9 Å². The number of benzene rings is 2. The Hall–Kier alpha value is -4.44. The van der Waals surface area contributed by atoms with Crippen LogP contribution in [0.5, 0.6) is 0 Å². The predicted molar refractivity (Wildman–Crippen MR) is 152 cm³/mol. The van der Waals surface area contributed by atoms with Crippen molar-refractivity contribution in [3.05, 3.63) is 79.9 Å². The van der Waals surface area contributed by atoms with Gasteiger partial charge >= 0.3 is 12.2 Å². The highest BCUT2D eigenvalue weighted by atomic mass is 32.1. The predicted octanol–water partition coefficient (Wildman–Crippen LogP) is 3.28. The van der Waals surface area contributed by atoms with Gasteiger partial charge in [0.15, 0.2) is 0 Å². The summed E-state index contributed by atoms with van der Waals surface area (Å²) in [6.45, 7) is 2.50. The normalized spacial score (nSPS) is 18.6. The zero-order chi connectivity index (χ0) is 30.9. The van der Waals surface area contributed by atoms with Gasteiger partial charge < -0.3 is 19.1 Å². The maximum absolute atomic E-state index is 13.3. The molecule has 2 aliphatic heterocycles. The van der Waals surface area contributed by atoms with Crippen LogP contribution in [0.4, 0.5) is 21.0 Å². The molecule has 2 aliphatic rings. The van der Waals surface area contributed by atoms with Crippen molar-refractivity contribution in [3.8, 4) is 0 Å². The minimum absolute atomic E-state index is 0.0578. The van der Waals surface area contributed by atoms with E-state index in [2.05, 4.69) is 0 Å². The fourth-order valence-electron chi connectivity index (χ4n) is 4.73. The van der Waals surface area contributed by atoms with E-state index < -0.39 is 28.1 Å². The van der Waals surface area contributed by atoms with E-state index >= 15 is 0 Å². The van der Waals surface area contributed by atoms with Crippen molar-refractivity contribution in [1.29, 1.82) is 0 Å². The summed E-state index contributed by atoms with van der Waals surface area (Å²) in [7, 11) is 0. The van der Waals surface area contributed by atoms with Gasteiger partial charge in [0, 0.05) is 68.8 Å². The molecule has 0 aliphatic carbocycles. The number of nitrogens with zero attached hydrogens (tertiary/aromatic N) is 5. The molecule has 2 fully saturated rings. The molecule has 229 valence electrons. The molecule has 0 bridgehead atoms. The fraction of sp³-hybridized carbons (Fsp3) is 0.444. The number of nitro benzene ring substituents is 2. The first kappa shape index (κ1) is 31.5. The molecule has 2 unspecified atom stereocenters. The summed E-state index contributed by atoms with van der Waals surface area (Å²) in [5.41, 5.74) is 1.04. The highest BCUT2D eigenvalue weighted by molar-refractivity contribution is 7.81. The van der Waals surface area contributed by atoms with Crippen LogP contribution >= 0.6 is 12.6 Å². The molecule has 0 saturated carbocycles. The molecule has 2 aromatic carbocycles. The van der Waals surface area contributed by atoms with Crippen LogP contribution in [0.25, 0.3) is 0 Å². The number of rotatable bonds is 10. The Morgan fingerprint density at radius 3 is 1.88 bits per heavy atom. The second-order valence-corrected chi connectivity index (χ2v) is 10.6. The second kappa shape index (κ2) is 14.6. The van der Waals surface area contributed by atoms with E-state index in [9.17, 15) is 34.6 Å². The van der Waals surface area contributed by atoms with Crippen LogP contribution in [0.1, 0.15) is 17.5 Å². The van der Waals surface area contributed by atoms with Crippen molar-refractivity contribution in [2.24, 2.45) is 0 Å². The Kier molecular flexibility index (Phi) is 10.7. The first-order chi connectivity index (χ1) is 20.6. The van der Waals surface area contributed by atoms with Crippen molar-refractivity contribution < 1.29 is 38.4 Å². The van der Waals surface area contributed by atoms with Crippen molar-refractivity contribution in [2.45, 2.75) is 30.9 Å². The summed E-state index contributed by atoms with van der Waals surface area (Å²) < 4.78 is 15.5. The van der Waals surface area contributed by atoms with Crippen molar-refractivity contribution in [1.82, 2.24) is 14.7 Å². The molecule has 15 nitrogen and oxygen atoms in total. The van der Waals surface area contributed by atoms with Gasteiger partial charge in [0.05, 0.1) is 9.85 Å². The van der Waals surface area contributed by atoms with E-state index in [4.69, 9.17) is 26.8 Å². The average molecular weight is 617 g/mol. The first-order valence-corrected chi connectivity index (χ1v) is 13.9. The van der Waals surface area contributed by atoms with Gasteiger partial charge in [-0.3, -0.25) is 34.8 Å². The van der Waals surface area contributed by atoms with Crippen LogP contribution < -0.4 is 0 Å². The lowest BCUT2D eigenvalue weighted by molar-refractivity contribution is -0.385. The number of piperazine rings is 1. The van der Waals surface area contributed by atoms with E-state index in [0.29, 0.717) is 50.3 Å². The van der Waals surface area contributed by atoms with Crippen LogP contribution in [-0.2, 0) is 32.2 Å². The third kappa shape index (κ3) is 8.78. The van der Waals surface area contributed by atoms with Gasteiger partial charge in [-0.1, -0.05) is 12.6 Å². The average Bonchev–Trinajstić information content (AvgIpc) is 3.40. The largest absolute Gasteiger partial charge is 0.508 e. The van der Waals surface area contributed by atoms with E-state index in [0.717, 1.165) is 0 Å². The summed E-state index contributed by atoms with van der Waals surface area (Å²) in [6, 6.07) is 10.6. The van der Waals surface area contributed by atoms with Gasteiger partial charge in [-0.05, 0) is 41.8 Å². The van der Waals surface area contributed by atoms with Gasteiger partial charge in [-0.2, -0.15) is 0 Å². The maximum Gasteiger partial charge on any atom is 0.508 e. The summed E-state index contributed by atoms with van der Waals surface area (Å²) >= 11 is 5.39. The molecule has 2 amide bonds. The number of carbonyl (C=O) groups is 3. The third-order valence-electron chi connectivity index (χ3n) is 7.11. The molecule has 0 aromatic heterocycles. The molecule has 1 radical (unpaired) electrons. The number of non-ortho nitro benzene ring substituents is 2. The zero-order valence-corrected chi connectivity index (χ0v) is 23.9. The minimum atomic E-state index is -0.854. The molecule has 2 atom stereocenters. The van der Waals surface area contributed by atoms with E-state index in [1.54, 1.807) is 4.90 Å². The topological polar surface area (TPSA) is 175 Å². The molecule has 2 heterocycles. The number of amides is 2. The monoisotopic (exact) mass is 616 g/mol. The van der Waals surface area contributed by atoms with E-state index in [1.165, 1.54) is 53.4 Å². The van der Waals surface area contributed by atoms with Gasteiger partial charge in [0.2, 0.25) is 5.91 Å². The van der Waals surface area contributed by atoms with Crippen molar-refractivity contribution >= 4 is 42.2 Å².